The third-order valence-corrected chi connectivity index (χ3v) is 5.73. The van der Waals surface area contributed by atoms with Gasteiger partial charge in [-0.1, -0.05) is 54.6 Å². The van der Waals surface area contributed by atoms with Crippen molar-refractivity contribution in [3.8, 4) is 5.75 Å². The Labute approximate surface area is 205 Å². The van der Waals surface area contributed by atoms with Crippen molar-refractivity contribution in [3.05, 3.63) is 101 Å². The number of ketones is 2. The zero-order chi connectivity index (χ0) is 25.0. The summed E-state index contributed by atoms with van der Waals surface area (Å²) in [6.45, 7) is 0.541. The van der Waals surface area contributed by atoms with Crippen molar-refractivity contribution in [2.75, 3.05) is 13.7 Å². The van der Waals surface area contributed by atoms with Gasteiger partial charge < -0.3 is 14.6 Å². The molecule has 0 bridgehead atoms. The van der Waals surface area contributed by atoms with E-state index < -0.39 is 12.1 Å². The molecule has 0 amide bonds. The Balaban J connectivity index is 1.34. The quantitative estimate of drug-likeness (QED) is 0.249. The molecule has 3 aromatic carbocycles. The molecule has 0 aliphatic carbocycles. The topological polar surface area (TPSA) is 89.9 Å². The molecule has 3 aromatic rings. The van der Waals surface area contributed by atoms with Gasteiger partial charge in [-0.3, -0.25) is 9.59 Å². The van der Waals surface area contributed by atoms with Crippen molar-refractivity contribution in [2.24, 2.45) is 0 Å². The summed E-state index contributed by atoms with van der Waals surface area (Å²) in [5, 5.41) is 9.07. The zero-order valence-electron chi connectivity index (χ0n) is 19.8. The monoisotopic (exact) mass is 474 g/mol. The van der Waals surface area contributed by atoms with Crippen molar-refractivity contribution >= 4 is 17.5 Å². The van der Waals surface area contributed by atoms with E-state index in [1.54, 1.807) is 60.7 Å². The van der Waals surface area contributed by atoms with Crippen molar-refractivity contribution in [3.63, 3.8) is 0 Å². The number of benzene rings is 3. The summed E-state index contributed by atoms with van der Waals surface area (Å²) < 4.78 is 10.7. The number of ether oxygens (including phenoxy) is 2. The molecular formula is C29H30O6. The summed E-state index contributed by atoms with van der Waals surface area (Å²) >= 11 is 0. The number of methoxy groups -OCH3 is 1. The highest BCUT2D eigenvalue weighted by Crippen LogP contribution is 2.17. The molecule has 0 aliphatic rings. The van der Waals surface area contributed by atoms with Crippen LogP contribution in [0.4, 0.5) is 0 Å². The predicted molar refractivity (Wildman–Crippen MR) is 133 cm³/mol. The minimum Gasteiger partial charge on any atom is -0.494 e. The molecule has 0 heterocycles. The van der Waals surface area contributed by atoms with Crippen LogP contribution in [0.3, 0.4) is 0 Å². The Morgan fingerprint density at radius 3 is 2.03 bits per heavy atom. The van der Waals surface area contributed by atoms with Crippen LogP contribution < -0.4 is 4.74 Å². The third kappa shape index (κ3) is 7.90. The molecule has 1 N–H and O–H groups in total. The highest BCUT2D eigenvalue weighted by atomic mass is 16.5. The molecule has 0 unspecified atom stereocenters. The van der Waals surface area contributed by atoms with Crippen LogP contribution in [0, 0.1) is 0 Å². The fraction of sp³-hybridized carbons (Fsp3) is 0.276. The number of carboxylic acids is 1. The summed E-state index contributed by atoms with van der Waals surface area (Å²) in [5.41, 5.74) is 2.71. The summed E-state index contributed by atoms with van der Waals surface area (Å²) in [5.74, 6) is -0.246. The number of Topliss-reactive ketones (excluding diaryl/α,β-unsaturated/α-hetero) is 1. The van der Waals surface area contributed by atoms with Crippen LogP contribution >= 0.6 is 0 Å². The van der Waals surface area contributed by atoms with Gasteiger partial charge in [-0.05, 0) is 49.1 Å². The van der Waals surface area contributed by atoms with E-state index in [0.29, 0.717) is 35.5 Å². The summed E-state index contributed by atoms with van der Waals surface area (Å²) in [4.78, 5) is 35.9. The lowest BCUT2D eigenvalue weighted by Crippen LogP contribution is -2.24. The molecule has 0 radical (unpaired) electrons. The highest BCUT2D eigenvalue weighted by molar-refractivity contribution is 6.09. The first-order valence-electron chi connectivity index (χ1n) is 11.7. The van der Waals surface area contributed by atoms with E-state index in [2.05, 4.69) is 0 Å². The first kappa shape index (κ1) is 25.8. The van der Waals surface area contributed by atoms with Gasteiger partial charge in [0.15, 0.2) is 17.7 Å². The van der Waals surface area contributed by atoms with Crippen molar-refractivity contribution in [1.29, 1.82) is 0 Å². The van der Waals surface area contributed by atoms with Crippen molar-refractivity contribution < 1.29 is 29.0 Å². The van der Waals surface area contributed by atoms with Crippen molar-refractivity contribution in [1.82, 2.24) is 0 Å². The molecule has 3 rings (SSSR count). The summed E-state index contributed by atoms with van der Waals surface area (Å²) in [6.07, 6.45) is 2.26. The van der Waals surface area contributed by atoms with Gasteiger partial charge in [0, 0.05) is 36.6 Å². The van der Waals surface area contributed by atoms with E-state index in [9.17, 15) is 14.4 Å². The van der Waals surface area contributed by atoms with E-state index in [1.165, 1.54) is 7.11 Å². The van der Waals surface area contributed by atoms with E-state index in [-0.39, 0.29) is 18.0 Å². The lowest BCUT2D eigenvalue weighted by Gasteiger charge is -2.10. The molecule has 6 heteroatoms. The minimum atomic E-state index is -1.01. The van der Waals surface area contributed by atoms with Crippen LogP contribution in [-0.4, -0.2) is 42.5 Å². The van der Waals surface area contributed by atoms with Crippen molar-refractivity contribution in [2.45, 2.75) is 38.2 Å². The van der Waals surface area contributed by atoms with Gasteiger partial charge in [0.1, 0.15) is 5.75 Å². The maximum absolute atomic E-state index is 12.4. The number of hydrogen-bond acceptors (Lipinski definition) is 5. The largest absolute Gasteiger partial charge is 0.494 e. The number of aliphatic carboxylic acids is 1. The molecule has 0 aliphatic heterocycles. The van der Waals surface area contributed by atoms with E-state index in [1.807, 2.05) is 18.2 Å². The molecule has 182 valence electrons. The Morgan fingerprint density at radius 2 is 1.40 bits per heavy atom. The maximum Gasteiger partial charge on any atom is 0.333 e. The highest BCUT2D eigenvalue weighted by Gasteiger charge is 2.17. The SMILES string of the molecule is CO[C@@H](Cc1ccc(C(=O)CCCCCOc2ccc(C(=O)c3ccccc3)cc2)cc1)C(=O)O. The molecular weight excluding hydrogens is 444 g/mol. The van der Waals surface area contributed by atoms with E-state index in [0.717, 1.165) is 24.8 Å². The number of carbonyl (C=O) groups excluding carboxylic acids is 2. The molecule has 0 saturated carbocycles. The first-order valence-corrected chi connectivity index (χ1v) is 11.7. The number of unbranched alkanes of at least 4 members (excludes halogenated alkanes) is 2. The van der Waals surface area contributed by atoms with Gasteiger partial charge in [-0.25, -0.2) is 4.79 Å². The fourth-order valence-corrected chi connectivity index (χ4v) is 3.67. The van der Waals surface area contributed by atoms with E-state index in [4.69, 9.17) is 14.6 Å². The Bertz CT molecular complexity index is 1100. The van der Waals surface area contributed by atoms with Gasteiger partial charge in [-0.2, -0.15) is 0 Å². The average Bonchev–Trinajstić information content (AvgIpc) is 2.89. The Morgan fingerprint density at radius 1 is 0.771 bits per heavy atom. The molecule has 35 heavy (non-hydrogen) atoms. The normalized spacial score (nSPS) is 11.6. The predicted octanol–water partition coefficient (Wildman–Crippen LogP) is 5.38. The van der Waals surface area contributed by atoms with Gasteiger partial charge in [0.2, 0.25) is 0 Å². The number of carbonyl (C=O) groups is 3. The Hall–Kier alpha value is -3.77. The fourth-order valence-electron chi connectivity index (χ4n) is 3.67. The smallest absolute Gasteiger partial charge is 0.333 e. The zero-order valence-corrected chi connectivity index (χ0v) is 19.8. The molecule has 0 spiro atoms. The molecule has 0 fully saturated rings. The minimum absolute atomic E-state index is 0.0177. The molecule has 0 aromatic heterocycles. The number of hydrogen-bond donors (Lipinski definition) is 1. The summed E-state index contributed by atoms with van der Waals surface area (Å²) in [7, 11) is 1.37. The van der Waals surface area contributed by atoms with Crippen LogP contribution in [0.15, 0.2) is 78.9 Å². The van der Waals surface area contributed by atoms with Gasteiger partial charge in [0.25, 0.3) is 0 Å². The second-order valence-electron chi connectivity index (χ2n) is 8.27. The second-order valence-corrected chi connectivity index (χ2v) is 8.27. The maximum atomic E-state index is 12.4. The van der Waals surface area contributed by atoms with Crippen LogP contribution in [0.1, 0.15) is 57.5 Å². The lowest BCUT2D eigenvalue weighted by molar-refractivity contribution is -0.148. The average molecular weight is 475 g/mol. The lowest BCUT2D eigenvalue weighted by atomic mass is 10.0. The first-order chi connectivity index (χ1) is 17.0. The van der Waals surface area contributed by atoms with Gasteiger partial charge in [-0.15, -0.1) is 0 Å². The van der Waals surface area contributed by atoms with Crippen LogP contribution in [0.25, 0.3) is 0 Å². The standard InChI is InChI=1S/C29H30O6/c1-34-27(29(32)33)20-21-11-13-22(14-12-21)26(30)10-6-3-7-19-35-25-17-15-24(16-18-25)28(31)23-8-4-2-5-9-23/h2,4-5,8-9,11-18,27H,3,6-7,10,19-20H2,1H3,(H,32,33)/t27-/m0/s1. The van der Waals surface area contributed by atoms with Crippen LogP contribution in [0.5, 0.6) is 5.75 Å². The molecule has 0 saturated heterocycles. The van der Waals surface area contributed by atoms with Crippen LogP contribution in [-0.2, 0) is 16.0 Å². The van der Waals surface area contributed by atoms with Gasteiger partial charge in [0.05, 0.1) is 6.61 Å². The number of carboxylic acid groups (broad SMARTS) is 1. The number of rotatable bonds is 14. The second kappa shape index (κ2) is 13.2. The molecule has 6 nitrogen and oxygen atoms in total. The van der Waals surface area contributed by atoms with Crippen LogP contribution in [0.2, 0.25) is 0 Å². The van der Waals surface area contributed by atoms with Gasteiger partial charge >= 0.3 is 5.97 Å². The Kier molecular flexibility index (Phi) is 9.75. The van der Waals surface area contributed by atoms with E-state index >= 15 is 0 Å². The molecule has 1 atom stereocenters. The third-order valence-electron chi connectivity index (χ3n) is 5.73. The summed E-state index contributed by atoms with van der Waals surface area (Å²) in [6, 6.07) is 23.3.